The molecule has 0 saturated heterocycles. The lowest BCUT2D eigenvalue weighted by Crippen LogP contribution is -2.18. The molecule has 0 spiro atoms. The molecule has 14 heavy (non-hydrogen) atoms. The first-order valence-electron chi connectivity index (χ1n) is 4.25. The van der Waals surface area contributed by atoms with Crippen LogP contribution in [-0.4, -0.2) is 24.7 Å². The van der Waals surface area contributed by atoms with E-state index in [4.69, 9.17) is 9.57 Å². The number of aromatic nitrogens is 1. The first-order chi connectivity index (χ1) is 6.79. The van der Waals surface area contributed by atoms with E-state index in [9.17, 15) is 0 Å². The van der Waals surface area contributed by atoms with Crippen molar-refractivity contribution in [1.29, 1.82) is 0 Å². The van der Waals surface area contributed by atoms with Gasteiger partial charge in [-0.15, -0.1) is 0 Å². The largest absolute Gasteiger partial charge is 0.481 e. The summed E-state index contributed by atoms with van der Waals surface area (Å²) in [5.41, 5.74) is 4.53. The fourth-order valence-electron chi connectivity index (χ4n) is 1.26. The van der Waals surface area contributed by atoms with Crippen LogP contribution >= 0.6 is 0 Å². The van der Waals surface area contributed by atoms with E-state index in [2.05, 4.69) is 15.5 Å². The van der Waals surface area contributed by atoms with Gasteiger partial charge >= 0.3 is 0 Å². The number of hydrogen-bond donors (Lipinski definition) is 1. The van der Waals surface area contributed by atoms with Gasteiger partial charge in [0.05, 0.1) is 7.11 Å². The highest BCUT2D eigenvalue weighted by Crippen LogP contribution is 2.13. The van der Waals surface area contributed by atoms with Gasteiger partial charge in [-0.25, -0.2) is 15.5 Å². The van der Waals surface area contributed by atoms with Crippen molar-refractivity contribution in [2.45, 2.75) is 6.92 Å². The second-order valence-electron chi connectivity index (χ2n) is 2.92. The Labute approximate surface area is 81.7 Å². The van der Waals surface area contributed by atoms with Crippen molar-refractivity contribution in [3.8, 4) is 5.88 Å². The first-order valence-corrected chi connectivity index (χ1v) is 4.25. The quantitative estimate of drug-likeness (QED) is 0.748. The standard InChI is InChI=1S/C9H11N3O2/c1-6-3-7(4-8(11-6)13-2)9-10-5-14-12-9/h3-4H,5H2,1-2H3,(H,10,12). The third-order valence-corrected chi connectivity index (χ3v) is 1.87. The highest BCUT2D eigenvalue weighted by molar-refractivity contribution is 5.98. The number of pyridine rings is 1. The van der Waals surface area contributed by atoms with Crippen LogP contribution in [0.25, 0.3) is 0 Å². The average molecular weight is 193 g/mol. The molecule has 0 atom stereocenters. The van der Waals surface area contributed by atoms with E-state index >= 15 is 0 Å². The van der Waals surface area contributed by atoms with E-state index in [1.807, 2.05) is 19.1 Å². The predicted octanol–water partition coefficient (Wildman–Crippen LogP) is 0.638. The molecule has 0 aromatic carbocycles. The van der Waals surface area contributed by atoms with E-state index in [0.29, 0.717) is 18.4 Å². The maximum Gasteiger partial charge on any atom is 0.213 e. The van der Waals surface area contributed by atoms with Crippen molar-refractivity contribution in [3.05, 3.63) is 23.4 Å². The van der Waals surface area contributed by atoms with Crippen molar-refractivity contribution in [3.63, 3.8) is 0 Å². The summed E-state index contributed by atoms with van der Waals surface area (Å²) in [7, 11) is 1.59. The van der Waals surface area contributed by atoms with Crippen LogP contribution in [0.3, 0.4) is 0 Å². The van der Waals surface area contributed by atoms with Gasteiger partial charge in [0.1, 0.15) is 0 Å². The van der Waals surface area contributed by atoms with E-state index in [0.717, 1.165) is 11.3 Å². The lowest BCUT2D eigenvalue weighted by molar-refractivity contribution is 0.115. The minimum Gasteiger partial charge on any atom is -0.481 e. The number of nitrogens with one attached hydrogen (secondary N) is 1. The van der Waals surface area contributed by atoms with Gasteiger partial charge in [0, 0.05) is 17.3 Å². The van der Waals surface area contributed by atoms with Gasteiger partial charge in [0.15, 0.2) is 12.6 Å². The molecule has 0 aliphatic carbocycles. The zero-order valence-corrected chi connectivity index (χ0v) is 8.07. The number of aliphatic imine (C=N–C) groups is 1. The van der Waals surface area contributed by atoms with Gasteiger partial charge in [0.25, 0.3) is 0 Å². The maximum absolute atomic E-state index is 5.06. The summed E-state index contributed by atoms with van der Waals surface area (Å²) in [5.74, 6) is 1.30. The molecular weight excluding hydrogens is 182 g/mol. The third kappa shape index (κ3) is 1.67. The van der Waals surface area contributed by atoms with Crippen LogP contribution in [0, 0.1) is 6.92 Å². The molecule has 0 fully saturated rings. The minimum atomic E-state index is 0.346. The van der Waals surface area contributed by atoms with Crippen LogP contribution in [0.1, 0.15) is 11.3 Å². The van der Waals surface area contributed by atoms with Gasteiger partial charge in [-0.3, -0.25) is 4.84 Å². The topological polar surface area (TPSA) is 55.7 Å². The molecule has 5 nitrogen and oxygen atoms in total. The number of ether oxygens (including phenoxy) is 1. The highest BCUT2D eigenvalue weighted by Gasteiger charge is 2.10. The number of aryl methyl sites for hydroxylation is 1. The molecule has 2 rings (SSSR count). The van der Waals surface area contributed by atoms with Crippen molar-refractivity contribution in [2.24, 2.45) is 4.99 Å². The Kier molecular flexibility index (Phi) is 2.32. The van der Waals surface area contributed by atoms with Gasteiger partial charge in [-0.1, -0.05) is 0 Å². The summed E-state index contributed by atoms with van der Waals surface area (Å²) in [6.45, 7) is 2.25. The van der Waals surface area contributed by atoms with Crippen LogP contribution in [0.15, 0.2) is 17.1 Å². The number of amidine groups is 1. The first kappa shape index (κ1) is 8.96. The van der Waals surface area contributed by atoms with Crippen LogP contribution < -0.4 is 10.2 Å². The SMILES string of the molecule is COc1cc(C2=NCON2)cc(C)n1. The van der Waals surface area contributed by atoms with Crippen LogP contribution in [0.2, 0.25) is 0 Å². The molecule has 0 radical (unpaired) electrons. The Hall–Kier alpha value is -1.62. The normalized spacial score (nSPS) is 14.9. The molecule has 0 bridgehead atoms. The van der Waals surface area contributed by atoms with Crippen LogP contribution in [-0.2, 0) is 4.84 Å². The number of hydroxylamine groups is 1. The molecule has 74 valence electrons. The molecule has 1 aliphatic rings. The molecule has 2 heterocycles. The van der Waals surface area contributed by atoms with Crippen molar-refractivity contribution < 1.29 is 9.57 Å². The minimum absolute atomic E-state index is 0.346. The van der Waals surface area contributed by atoms with Crippen LogP contribution in [0.5, 0.6) is 5.88 Å². The summed E-state index contributed by atoms with van der Waals surface area (Å²) in [5, 5.41) is 0. The molecule has 0 unspecified atom stereocenters. The lowest BCUT2D eigenvalue weighted by atomic mass is 10.2. The monoisotopic (exact) mass is 193 g/mol. The van der Waals surface area contributed by atoms with Crippen molar-refractivity contribution in [2.75, 3.05) is 13.8 Å². The molecule has 1 N–H and O–H groups in total. The third-order valence-electron chi connectivity index (χ3n) is 1.87. The molecule has 5 heteroatoms. The Morgan fingerprint density at radius 2 is 2.36 bits per heavy atom. The summed E-state index contributed by atoms with van der Waals surface area (Å²) in [6.07, 6.45) is 0. The maximum atomic E-state index is 5.06. The molecule has 0 saturated carbocycles. The predicted molar refractivity (Wildman–Crippen MR) is 51.2 cm³/mol. The average Bonchev–Trinajstić information content (AvgIpc) is 2.69. The molecule has 0 amide bonds. The lowest BCUT2D eigenvalue weighted by Gasteiger charge is -2.05. The molecule has 1 aromatic heterocycles. The van der Waals surface area contributed by atoms with E-state index in [1.165, 1.54) is 0 Å². The zero-order chi connectivity index (χ0) is 9.97. The Morgan fingerprint density at radius 3 is 3.00 bits per heavy atom. The summed E-state index contributed by atoms with van der Waals surface area (Å²) in [6, 6.07) is 3.73. The fourth-order valence-corrected chi connectivity index (χ4v) is 1.26. The van der Waals surface area contributed by atoms with E-state index in [1.54, 1.807) is 7.11 Å². The van der Waals surface area contributed by atoms with Gasteiger partial charge < -0.3 is 4.74 Å². The Bertz CT molecular complexity index is 376. The Morgan fingerprint density at radius 1 is 1.50 bits per heavy atom. The number of hydrogen-bond acceptors (Lipinski definition) is 5. The second kappa shape index (κ2) is 3.63. The second-order valence-corrected chi connectivity index (χ2v) is 2.92. The number of rotatable bonds is 2. The zero-order valence-electron chi connectivity index (χ0n) is 8.07. The van der Waals surface area contributed by atoms with E-state index in [-0.39, 0.29) is 0 Å². The van der Waals surface area contributed by atoms with Gasteiger partial charge in [0.2, 0.25) is 5.88 Å². The molecular formula is C9H11N3O2. The van der Waals surface area contributed by atoms with Crippen LogP contribution in [0.4, 0.5) is 0 Å². The van der Waals surface area contributed by atoms with Crippen molar-refractivity contribution >= 4 is 5.84 Å². The number of methoxy groups -OCH3 is 1. The van der Waals surface area contributed by atoms with E-state index < -0.39 is 0 Å². The molecule has 1 aromatic rings. The van der Waals surface area contributed by atoms with Gasteiger partial charge in [-0.05, 0) is 13.0 Å². The number of nitrogens with zero attached hydrogens (tertiary/aromatic N) is 2. The van der Waals surface area contributed by atoms with Crippen molar-refractivity contribution in [1.82, 2.24) is 10.5 Å². The summed E-state index contributed by atoms with van der Waals surface area (Å²) < 4.78 is 5.06. The Balaban J connectivity index is 2.37. The summed E-state index contributed by atoms with van der Waals surface area (Å²) in [4.78, 5) is 13.2. The fraction of sp³-hybridized carbons (Fsp3) is 0.333. The highest BCUT2D eigenvalue weighted by atomic mass is 16.7. The molecule has 1 aliphatic heterocycles. The smallest absolute Gasteiger partial charge is 0.213 e. The van der Waals surface area contributed by atoms with Gasteiger partial charge in [-0.2, -0.15) is 0 Å². The summed E-state index contributed by atoms with van der Waals surface area (Å²) >= 11 is 0.